The zero-order valence-electron chi connectivity index (χ0n) is 9.81. The summed E-state index contributed by atoms with van der Waals surface area (Å²) in [6.45, 7) is 5.87. The van der Waals surface area contributed by atoms with E-state index in [1.54, 1.807) is 0 Å². The molecule has 1 nitrogen and oxygen atoms in total. The summed E-state index contributed by atoms with van der Waals surface area (Å²) in [7, 11) is 0. The maximum Gasteiger partial charge on any atom is 0.150 e. The van der Waals surface area contributed by atoms with E-state index in [9.17, 15) is 4.79 Å². The lowest BCUT2D eigenvalue weighted by Crippen LogP contribution is -1.92. The maximum atomic E-state index is 11.1. The normalized spacial score (nSPS) is 9.94. The predicted molar refractivity (Wildman–Crippen MR) is 72.1 cm³/mol. The highest BCUT2D eigenvalue weighted by Crippen LogP contribution is 2.30. The van der Waals surface area contributed by atoms with Gasteiger partial charge < -0.3 is 0 Å². The van der Waals surface area contributed by atoms with Crippen LogP contribution in [0.1, 0.15) is 21.5 Å². The maximum absolute atomic E-state index is 11.1. The van der Waals surface area contributed by atoms with E-state index >= 15 is 0 Å². The number of benzene rings is 2. The van der Waals surface area contributed by atoms with Crippen LogP contribution in [-0.2, 0) is 0 Å². The monoisotopic (exact) mass is 222 g/mol. The van der Waals surface area contributed by atoms with Gasteiger partial charge in [-0.15, -0.1) is 0 Å². The van der Waals surface area contributed by atoms with Gasteiger partial charge in [0.2, 0.25) is 0 Å². The molecular formula is C16H14O. The van der Waals surface area contributed by atoms with Crippen LogP contribution in [0, 0.1) is 6.92 Å². The van der Waals surface area contributed by atoms with Crippen molar-refractivity contribution in [2.24, 2.45) is 0 Å². The third-order valence-corrected chi connectivity index (χ3v) is 2.88. The third-order valence-electron chi connectivity index (χ3n) is 2.88. The first-order valence-electron chi connectivity index (χ1n) is 5.54. The smallest absolute Gasteiger partial charge is 0.150 e. The standard InChI is InChI=1S/C16H14O/c1-3-13-9-6-7-12(2)16(13)15-10-5-4-8-14(15)11-17/h3-11H,1H2,2H3. The molecule has 17 heavy (non-hydrogen) atoms. The molecular weight excluding hydrogens is 208 g/mol. The molecule has 0 saturated carbocycles. The Morgan fingerprint density at radius 1 is 1.00 bits per heavy atom. The highest BCUT2D eigenvalue weighted by Gasteiger charge is 2.09. The van der Waals surface area contributed by atoms with Crippen LogP contribution in [0.4, 0.5) is 0 Å². The van der Waals surface area contributed by atoms with Gasteiger partial charge in [0.15, 0.2) is 6.29 Å². The number of aryl methyl sites for hydroxylation is 1. The summed E-state index contributed by atoms with van der Waals surface area (Å²) in [6, 6.07) is 13.7. The molecule has 0 unspecified atom stereocenters. The molecule has 0 N–H and O–H groups in total. The van der Waals surface area contributed by atoms with Gasteiger partial charge in [0, 0.05) is 5.56 Å². The molecule has 0 amide bonds. The van der Waals surface area contributed by atoms with Crippen LogP contribution in [0.25, 0.3) is 17.2 Å². The number of carbonyl (C=O) groups excluding carboxylic acids is 1. The zero-order chi connectivity index (χ0) is 12.3. The average Bonchev–Trinajstić information content (AvgIpc) is 2.38. The number of hydrogen-bond donors (Lipinski definition) is 0. The lowest BCUT2D eigenvalue weighted by Gasteiger charge is -2.12. The molecule has 0 aliphatic carbocycles. The molecule has 0 aliphatic rings. The lowest BCUT2D eigenvalue weighted by atomic mass is 9.92. The largest absolute Gasteiger partial charge is 0.298 e. The molecule has 0 spiro atoms. The Bertz CT molecular complexity index is 567. The minimum absolute atomic E-state index is 0.713. The predicted octanol–water partition coefficient (Wildman–Crippen LogP) is 4.12. The molecule has 0 radical (unpaired) electrons. The molecule has 0 aliphatic heterocycles. The van der Waals surface area contributed by atoms with Crippen molar-refractivity contribution in [3.63, 3.8) is 0 Å². The van der Waals surface area contributed by atoms with Crippen LogP contribution in [-0.4, -0.2) is 6.29 Å². The highest BCUT2D eigenvalue weighted by atomic mass is 16.1. The van der Waals surface area contributed by atoms with E-state index in [0.717, 1.165) is 28.5 Å². The Morgan fingerprint density at radius 2 is 1.71 bits per heavy atom. The Hall–Kier alpha value is -2.15. The van der Waals surface area contributed by atoms with Crippen molar-refractivity contribution in [3.05, 3.63) is 65.7 Å². The number of aldehydes is 1. The Labute approximate surface area is 101 Å². The van der Waals surface area contributed by atoms with E-state index in [1.807, 2.05) is 55.5 Å². The molecule has 0 heterocycles. The summed E-state index contributed by atoms with van der Waals surface area (Å²) in [5.41, 5.74) is 4.97. The van der Waals surface area contributed by atoms with Crippen LogP contribution < -0.4 is 0 Å². The van der Waals surface area contributed by atoms with Gasteiger partial charge in [-0.1, -0.05) is 55.1 Å². The molecule has 0 aromatic heterocycles. The van der Waals surface area contributed by atoms with Crippen LogP contribution in [0.5, 0.6) is 0 Å². The van der Waals surface area contributed by atoms with Gasteiger partial charge in [-0.3, -0.25) is 4.79 Å². The SMILES string of the molecule is C=Cc1cccc(C)c1-c1ccccc1C=O. The number of carbonyl (C=O) groups is 1. The van der Waals surface area contributed by atoms with Gasteiger partial charge >= 0.3 is 0 Å². The van der Waals surface area contributed by atoms with Gasteiger partial charge in [-0.05, 0) is 29.2 Å². The van der Waals surface area contributed by atoms with E-state index in [-0.39, 0.29) is 0 Å². The van der Waals surface area contributed by atoms with E-state index in [2.05, 4.69) is 6.58 Å². The van der Waals surface area contributed by atoms with E-state index < -0.39 is 0 Å². The summed E-state index contributed by atoms with van der Waals surface area (Å²) in [6.07, 6.45) is 2.72. The minimum Gasteiger partial charge on any atom is -0.298 e. The second-order valence-electron chi connectivity index (χ2n) is 3.95. The third kappa shape index (κ3) is 2.04. The molecule has 84 valence electrons. The first-order chi connectivity index (χ1) is 8.27. The van der Waals surface area contributed by atoms with Crippen molar-refractivity contribution < 1.29 is 4.79 Å². The summed E-state index contributed by atoms with van der Waals surface area (Å²) < 4.78 is 0. The lowest BCUT2D eigenvalue weighted by molar-refractivity contribution is 0.112. The molecule has 0 saturated heterocycles. The second kappa shape index (κ2) is 4.79. The zero-order valence-corrected chi connectivity index (χ0v) is 9.81. The van der Waals surface area contributed by atoms with Crippen molar-refractivity contribution >= 4 is 12.4 Å². The number of hydrogen-bond acceptors (Lipinski definition) is 1. The van der Waals surface area contributed by atoms with Crippen molar-refractivity contribution in [3.8, 4) is 11.1 Å². The molecule has 2 aromatic carbocycles. The van der Waals surface area contributed by atoms with E-state index in [0.29, 0.717) is 5.56 Å². The van der Waals surface area contributed by atoms with Crippen molar-refractivity contribution in [1.29, 1.82) is 0 Å². The first-order valence-corrected chi connectivity index (χ1v) is 5.54. The van der Waals surface area contributed by atoms with Crippen LogP contribution >= 0.6 is 0 Å². The molecule has 2 aromatic rings. The van der Waals surface area contributed by atoms with Gasteiger partial charge in [-0.2, -0.15) is 0 Å². The fourth-order valence-corrected chi connectivity index (χ4v) is 2.06. The molecule has 0 bridgehead atoms. The van der Waals surface area contributed by atoms with Crippen LogP contribution in [0.15, 0.2) is 49.0 Å². The van der Waals surface area contributed by atoms with E-state index in [1.165, 1.54) is 0 Å². The molecule has 2 rings (SSSR count). The molecule has 1 heteroatoms. The average molecular weight is 222 g/mol. The van der Waals surface area contributed by atoms with Crippen molar-refractivity contribution in [1.82, 2.24) is 0 Å². The summed E-state index contributed by atoms with van der Waals surface area (Å²) in [5.74, 6) is 0. The molecule has 0 atom stereocenters. The van der Waals surface area contributed by atoms with Gasteiger partial charge in [0.1, 0.15) is 0 Å². The number of rotatable bonds is 3. The quantitative estimate of drug-likeness (QED) is 0.714. The minimum atomic E-state index is 0.713. The summed E-state index contributed by atoms with van der Waals surface area (Å²) in [4.78, 5) is 11.1. The topological polar surface area (TPSA) is 17.1 Å². The van der Waals surface area contributed by atoms with Crippen LogP contribution in [0.2, 0.25) is 0 Å². The fourth-order valence-electron chi connectivity index (χ4n) is 2.06. The van der Waals surface area contributed by atoms with Gasteiger partial charge in [0.25, 0.3) is 0 Å². The first kappa shape index (κ1) is 11.3. The van der Waals surface area contributed by atoms with Crippen molar-refractivity contribution in [2.75, 3.05) is 0 Å². The summed E-state index contributed by atoms with van der Waals surface area (Å²) in [5, 5.41) is 0. The Morgan fingerprint density at radius 3 is 2.41 bits per heavy atom. The Kier molecular flexibility index (Phi) is 3.20. The molecule has 0 fully saturated rings. The van der Waals surface area contributed by atoms with Gasteiger partial charge in [-0.25, -0.2) is 0 Å². The fraction of sp³-hybridized carbons (Fsp3) is 0.0625. The second-order valence-corrected chi connectivity index (χ2v) is 3.95. The Balaban J connectivity index is 2.76. The van der Waals surface area contributed by atoms with E-state index in [4.69, 9.17) is 0 Å². The van der Waals surface area contributed by atoms with Gasteiger partial charge in [0.05, 0.1) is 0 Å². The summed E-state index contributed by atoms with van der Waals surface area (Å²) >= 11 is 0. The van der Waals surface area contributed by atoms with Crippen LogP contribution in [0.3, 0.4) is 0 Å². The van der Waals surface area contributed by atoms with Crippen molar-refractivity contribution in [2.45, 2.75) is 6.92 Å². The highest BCUT2D eigenvalue weighted by molar-refractivity contribution is 5.91.